The van der Waals surface area contributed by atoms with Crippen LogP contribution in [0.4, 0.5) is 18.0 Å². The number of benzene rings is 1. The van der Waals surface area contributed by atoms with E-state index in [0.717, 1.165) is 12.1 Å². The van der Waals surface area contributed by atoms with Gasteiger partial charge in [0.25, 0.3) is 0 Å². The number of likely N-dealkylation sites (tertiary alicyclic amines) is 1. The third kappa shape index (κ3) is 3.32. The van der Waals surface area contributed by atoms with Crippen LogP contribution in [0.3, 0.4) is 0 Å². The number of ether oxygens (including phenoxy) is 1. The van der Waals surface area contributed by atoms with Gasteiger partial charge in [0, 0.05) is 0 Å². The molecule has 1 aromatic carbocycles. The lowest BCUT2D eigenvalue weighted by Crippen LogP contribution is -2.58. The fraction of sp³-hybridized carbons (Fsp3) is 0.417. The van der Waals surface area contributed by atoms with Crippen LogP contribution in [0.5, 0.6) is 5.75 Å². The topological polar surface area (TPSA) is 61.8 Å². The van der Waals surface area contributed by atoms with Gasteiger partial charge in [-0.2, -0.15) is 13.2 Å². The summed E-state index contributed by atoms with van der Waals surface area (Å²) >= 11 is 0. The summed E-state index contributed by atoms with van der Waals surface area (Å²) in [7, 11) is 0. The number of nitrogens with one attached hydrogen (secondary N) is 1. The summed E-state index contributed by atoms with van der Waals surface area (Å²) < 4.78 is 42.9. The molecule has 0 spiro atoms. The number of aliphatic hydroxyl groups excluding tert-OH is 1. The predicted octanol–water partition coefficient (Wildman–Crippen LogP) is 1.43. The van der Waals surface area contributed by atoms with Gasteiger partial charge < -0.3 is 20.1 Å². The maximum absolute atomic E-state index is 12.5. The van der Waals surface area contributed by atoms with Crippen molar-refractivity contribution in [1.82, 2.24) is 10.2 Å². The Morgan fingerprint density at radius 3 is 2.75 bits per heavy atom. The minimum atomic E-state index is -4.41. The number of alkyl halides is 3. The quantitative estimate of drug-likeness (QED) is 0.828. The van der Waals surface area contributed by atoms with Crippen molar-refractivity contribution in [3.63, 3.8) is 0 Å². The minimum absolute atomic E-state index is 0.118. The molecule has 0 bridgehead atoms. The summed E-state index contributed by atoms with van der Waals surface area (Å²) in [6, 6.07) is 4.17. The minimum Gasteiger partial charge on any atom is -0.487 e. The molecule has 20 heavy (non-hydrogen) atoms. The molecule has 1 aliphatic heterocycles. The molecule has 0 saturated carbocycles. The first kappa shape index (κ1) is 14.4. The van der Waals surface area contributed by atoms with Crippen molar-refractivity contribution in [2.75, 3.05) is 19.8 Å². The molecule has 1 saturated heterocycles. The molecule has 110 valence electrons. The third-order valence-corrected chi connectivity index (χ3v) is 2.83. The number of nitrogens with zero attached hydrogens (tertiary/aromatic N) is 1. The van der Waals surface area contributed by atoms with Gasteiger partial charge in [0.1, 0.15) is 18.6 Å². The van der Waals surface area contributed by atoms with E-state index in [0.29, 0.717) is 0 Å². The first-order chi connectivity index (χ1) is 9.40. The van der Waals surface area contributed by atoms with Gasteiger partial charge >= 0.3 is 12.2 Å². The lowest BCUT2D eigenvalue weighted by Gasteiger charge is -2.38. The molecule has 1 fully saturated rings. The van der Waals surface area contributed by atoms with Gasteiger partial charge in [-0.3, -0.25) is 0 Å². The second-order valence-electron chi connectivity index (χ2n) is 4.31. The van der Waals surface area contributed by atoms with Gasteiger partial charge in [-0.1, -0.05) is 6.07 Å². The standard InChI is InChI=1S/C12H13F3N2O3/c13-12(14,15)8-2-1-3-9(4-8)20-10-5-17(6-10)11(19)16-7-18/h1-4,10,18H,5-7H2,(H,16,19). The Bertz CT molecular complexity index is 487. The Morgan fingerprint density at radius 2 is 2.15 bits per heavy atom. The summed E-state index contributed by atoms with van der Waals surface area (Å²) in [5, 5.41) is 10.7. The van der Waals surface area contributed by atoms with E-state index in [-0.39, 0.29) is 24.9 Å². The van der Waals surface area contributed by atoms with E-state index in [1.807, 2.05) is 0 Å². The third-order valence-electron chi connectivity index (χ3n) is 2.83. The molecule has 0 unspecified atom stereocenters. The van der Waals surface area contributed by atoms with Crippen LogP contribution in [-0.2, 0) is 6.18 Å². The molecule has 0 aliphatic carbocycles. The Balaban J connectivity index is 1.89. The van der Waals surface area contributed by atoms with Crippen LogP contribution in [0, 0.1) is 0 Å². The molecule has 2 rings (SSSR count). The molecule has 8 heteroatoms. The molecule has 1 heterocycles. The Hall–Kier alpha value is -1.96. The summed E-state index contributed by atoms with van der Waals surface area (Å²) in [6.45, 7) is 0.0681. The van der Waals surface area contributed by atoms with E-state index in [9.17, 15) is 18.0 Å². The van der Waals surface area contributed by atoms with Gasteiger partial charge in [-0.05, 0) is 18.2 Å². The molecule has 1 aliphatic rings. The highest BCUT2D eigenvalue weighted by molar-refractivity contribution is 5.75. The molecule has 2 amide bonds. The largest absolute Gasteiger partial charge is 0.487 e. The summed E-state index contributed by atoms with van der Waals surface area (Å²) in [4.78, 5) is 12.6. The van der Waals surface area contributed by atoms with Crippen molar-refractivity contribution in [3.05, 3.63) is 29.8 Å². The number of carbonyl (C=O) groups is 1. The Morgan fingerprint density at radius 1 is 1.45 bits per heavy atom. The molecular weight excluding hydrogens is 277 g/mol. The summed E-state index contributed by atoms with van der Waals surface area (Å²) in [5.74, 6) is 0.118. The van der Waals surface area contributed by atoms with E-state index in [4.69, 9.17) is 9.84 Å². The normalized spacial score (nSPS) is 15.7. The van der Waals surface area contributed by atoms with Crippen LogP contribution in [0.1, 0.15) is 5.56 Å². The van der Waals surface area contributed by atoms with Crippen molar-refractivity contribution in [2.24, 2.45) is 0 Å². The zero-order valence-corrected chi connectivity index (χ0v) is 10.4. The molecule has 1 aromatic rings. The van der Waals surface area contributed by atoms with Crippen molar-refractivity contribution in [3.8, 4) is 5.75 Å². The molecule has 0 radical (unpaired) electrons. The number of hydrogen-bond acceptors (Lipinski definition) is 3. The molecular formula is C12H13F3N2O3. The average Bonchev–Trinajstić information content (AvgIpc) is 2.33. The maximum atomic E-state index is 12.5. The molecule has 2 N–H and O–H groups in total. The van der Waals surface area contributed by atoms with Gasteiger partial charge in [0.05, 0.1) is 18.7 Å². The van der Waals surface area contributed by atoms with E-state index < -0.39 is 24.5 Å². The van der Waals surface area contributed by atoms with E-state index in [1.54, 1.807) is 0 Å². The zero-order valence-electron chi connectivity index (χ0n) is 10.4. The number of aliphatic hydroxyl groups is 1. The van der Waals surface area contributed by atoms with Crippen LogP contribution in [-0.4, -0.2) is 42.0 Å². The number of urea groups is 1. The Labute approximate surface area is 112 Å². The van der Waals surface area contributed by atoms with Gasteiger partial charge in [0.15, 0.2) is 0 Å². The van der Waals surface area contributed by atoms with E-state index in [2.05, 4.69) is 5.32 Å². The fourth-order valence-corrected chi connectivity index (χ4v) is 1.80. The highest BCUT2D eigenvalue weighted by Gasteiger charge is 2.33. The average molecular weight is 290 g/mol. The van der Waals surface area contributed by atoms with E-state index >= 15 is 0 Å². The second kappa shape index (κ2) is 5.58. The van der Waals surface area contributed by atoms with Crippen molar-refractivity contribution < 1.29 is 27.8 Å². The lowest BCUT2D eigenvalue weighted by atomic mass is 10.1. The van der Waals surface area contributed by atoms with Crippen molar-refractivity contribution in [1.29, 1.82) is 0 Å². The zero-order chi connectivity index (χ0) is 14.8. The molecule has 0 atom stereocenters. The number of carbonyl (C=O) groups excluding carboxylic acids is 1. The summed E-state index contributed by atoms with van der Waals surface area (Å²) in [6.07, 6.45) is -4.76. The van der Waals surface area contributed by atoms with Gasteiger partial charge in [-0.15, -0.1) is 0 Å². The van der Waals surface area contributed by atoms with Crippen LogP contribution in [0.15, 0.2) is 24.3 Å². The monoisotopic (exact) mass is 290 g/mol. The maximum Gasteiger partial charge on any atom is 0.416 e. The first-order valence-corrected chi connectivity index (χ1v) is 5.87. The van der Waals surface area contributed by atoms with Gasteiger partial charge in [-0.25, -0.2) is 4.79 Å². The van der Waals surface area contributed by atoms with E-state index in [1.165, 1.54) is 17.0 Å². The molecule has 0 aromatic heterocycles. The van der Waals surface area contributed by atoms with Crippen LogP contribution in [0.25, 0.3) is 0 Å². The van der Waals surface area contributed by atoms with Gasteiger partial charge in [0.2, 0.25) is 0 Å². The SMILES string of the molecule is O=C(NCO)N1CC(Oc2cccc(C(F)(F)F)c2)C1. The highest BCUT2D eigenvalue weighted by atomic mass is 19.4. The smallest absolute Gasteiger partial charge is 0.416 e. The second-order valence-corrected chi connectivity index (χ2v) is 4.31. The van der Waals surface area contributed by atoms with Crippen LogP contribution >= 0.6 is 0 Å². The number of hydrogen-bond donors (Lipinski definition) is 2. The molecule has 5 nitrogen and oxygen atoms in total. The number of rotatable bonds is 3. The predicted molar refractivity (Wildman–Crippen MR) is 63.1 cm³/mol. The van der Waals surface area contributed by atoms with Crippen molar-refractivity contribution >= 4 is 6.03 Å². The Kier molecular flexibility index (Phi) is 4.03. The highest BCUT2D eigenvalue weighted by Crippen LogP contribution is 2.31. The summed E-state index contributed by atoms with van der Waals surface area (Å²) in [5.41, 5.74) is -0.774. The first-order valence-electron chi connectivity index (χ1n) is 5.87. The lowest BCUT2D eigenvalue weighted by molar-refractivity contribution is -0.137. The van der Waals surface area contributed by atoms with Crippen molar-refractivity contribution in [2.45, 2.75) is 12.3 Å². The van der Waals surface area contributed by atoms with Crippen LogP contribution in [0.2, 0.25) is 0 Å². The number of halogens is 3. The van der Waals surface area contributed by atoms with Crippen LogP contribution < -0.4 is 10.1 Å². The number of amides is 2. The fourth-order valence-electron chi connectivity index (χ4n) is 1.80.